The number of carbonyl (C=O) groups is 1. The number of fused-ring (bicyclic) bond motifs is 1. The van der Waals surface area contributed by atoms with Crippen molar-refractivity contribution < 1.29 is 18.0 Å². The lowest BCUT2D eigenvalue weighted by atomic mass is 9.99. The van der Waals surface area contributed by atoms with Crippen LogP contribution in [0.3, 0.4) is 0 Å². The minimum Gasteiger partial charge on any atom is -0.322 e. The highest BCUT2D eigenvalue weighted by atomic mass is 35.5. The van der Waals surface area contributed by atoms with Gasteiger partial charge in [0.05, 0.1) is 0 Å². The van der Waals surface area contributed by atoms with Gasteiger partial charge in [-0.15, -0.1) is 0 Å². The minimum absolute atomic E-state index is 0.0226. The first-order valence-corrected chi connectivity index (χ1v) is 12.5. The first-order valence-electron chi connectivity index (χ1n) is 12.1. The number of rotatable bonds is 9. The van der Waals surface area contributed by atoms with Gasteiger partial charge < -0.3 is 10.2 Å². The molecule has 3 nitrogen and oxygen atoms in total. The summed E-state index contributed by atoms with van der Waals surface area (Å²) in [4.78, 5) is 14.3. The second-order valence-corrected chi connectivity index (χ2v) is 9.43. The maximum absolute atomic E-state index is 14.4. The maximum atomic E-state index is 14.4. The highest BCUT2D eigenvalue weighted by molar-refractivity contribution is 6.30. The minimum atomic E-state index is -4.65. The van der Waals surface area contributed by atoms with Crippen LogP contribution < -0.4 is 5.32 Å². The molecule has 0 radical (unpaired) electrons. The van der Waals surface area contributed by atoms with Crippen molar-refractivity contribution in [3.8, 4) is 0 Å². The van der Waals surface area contributed by atoms with E-state index < -0.39 is 18.1 Å². The third-order valence-corrected chi connectivity index (χ3v) is 6.65. The van der Waals surface area contributed by atoms with Crippen LogP contribution in [-0.2, 0) is 11.3 Å². The lowest BCUT2D eigenvalue weighted by Gasteiger charge is -2.34. The average Bonchev–Trinajstić information content (AvgIpc) is 2.89. The molecule has 1 amide bonds. The number of alkyl halides is 3. The zero-order chi connectivity index (χ0) is 26.4. The Bertz CT molecular complexity index is 1320. The van der Waals surface area contributed by atoms with Gasteiger partial charge in [0.15, 0.2) is 6.04 Å². The van der Waals surface area contributed by atoms with Gasteiger partial charge in [0.25, 0.3) is 0 Å². The van der Waals surface area contributed by atoms with E-state index in [-0.39, 0.29) is 31.1 Å². The molecule has 0 saturated heterocycles. The van der Waals surface area contributed by atoms with Crippen LogP contribution in [0.1, 0.15) is 42.1 Å². The van der Waals surface area contributed by atoms with Crippen molar-refractivity contribution in [3.63, 3.8) is 0 Å². The van der Waals surface area contributed by atoms with Gasteiger partial charge in [-0.1, -0.05) is 96.5 Å². The SMILES string of the molecule is C[C@@H](NCCC(=O)N(Cc1ccc(Cl)cc1)C(c1ccccc1)C(F)(F)F)c1cccc2ccccc12. The van der Waals surface area contributed by atoms with Gasteiger partial charge in [-0.05, 0) is 46.5 Å². The van der Waals surface area contributed by atoms with Crippen LogP contribution in [0, 0.1) is 0 Å². The van der Waals surface area contributed by atoms with Gasteiger partial charge in [0.1, 0.15) is 0 Å². The molecule has 37 heavy (non-hydrogen) atoms. The first-order chi connectivity index (χ1) is 17.7. The fourth-order valence-corrected chi connectivity index (χ4v) is 4.69. The molecule has 0 aromatic heterocycles. The zero-order valence-electron chi connectivity index (χ0n) is 20.4. The quantitative estimate of drug-likeness (QED) is 0.241. The summed E-state index contributed by atoms with van der Waals surface area (Å²) in [5.74, 6) is -0.584. The number of hydrogen-bond acceptors (Lipinski definition) is 2. The lowest BCUT2D eigenvalue weighted by molar-refractivity contribution is -0.193. The van der Waals surface area contributed by atoms with Crippen molar-refractivity contribution in [1.82, 2.24) is 10.2 Å². The Morgan fingerprint density at radius 1 is 0.892 bits per heavy atom. The predicted molar refractivity (Wildman–Crippen MR) is 142 cm³/mol. The Hall–Kier alpha value is -3.35. The molecule has 4 rings (SSSR count). The smallest absolute Gasteiger partial charge is 0.322 e. The van der Waals surface area contributed by atoms with Crippen LogP contribution in [0.25, 0.3) is 10.8 Å². The van der Waals surface area contributed by atoms with E-state index in [2.05, 4.69) is 5.32 Å². The van der Waals surface area contributed by atoms with Gasteiger partial charge in [0, 0.05) is 30.6 Å². The molecule has 192 valence electrons. The number of benzene rings is 4. The lowest BCUT2D eigenvalue weighted by Crippen LogP contribution is -2.43. The number of carbonyl (C=O) groups excluding carboxylic acids is 1. The second-order valence-electron chi connectivity index (χ2n) is 9.00. The molecular formula is C30H28ClF3N2O. The van der Waals surface area contributed by atoms with Crippen LogP contribution in [-0.4, -0.2) is 23.5 Å². The van der Waals surface area contributed by atoms with Crippen molar-refractivity contribution in [2.45, 2.75) is 38.1 Å². The third-order valence-electron chi connectivity index (χ3n) is 6.40. The van der Waals surface area contributed by atoms with Gasteiger partial charge in [0.2, 0.25) is 5.91 Å². The van der Waals surface area contributed by atoms with Crippen LogP contribution >= 0.6 is 11.6 Å². The number of nitrogens with zero attached hydrogens (tertiary/aromatic N) is 1. The number of nitrogens with one attached hydrogen (secondary N) is 1. The normalized spacial score (nSPS) is 13.3. The molecule has 4 aromatic carbocycles. The van der Waals surface area contributed by atoms with E-state index in [1.807, 2.05) is 49.4 Å². The molecule has 0 aliphatic rings. The molecule has 0 aliphatic carbocycles. The summed E-state index contributed by atoms with van der Waals surface area (Å²) in [5, 5.41) is 6.00. The Morgan fingerprint density at radius 2 is 1.54 bits per heavy atom. The monoisotopic (exact) mass is 524 g/mol. The first kappa shape index (κ1) is 26.7. The van der Waals surface area contributed by atoms with Crippen molar-refractivity contribution in [3.05, 3.63) is 119 Å². The Balaban J connectivity index is 1.54. The van der Waals surface area contributed by atoms with Crippen molar-refractivity contribution in [2.24, 2.45) is 0 Å². The molecule has 1 N–H and O–H groups in total. The summed E-state index contributed by atoms with van der Waals surface area (Å²) in [6.45, 7) is 2.04. The Morgan fingerprint density at radius 3 is 2.24 bits per heavy atom. The van der Waals surface area contributed by atoms with Gasteiger partial charge in [-0.3, -0.25) is 4.79 Å². The molecule has 0 bridgehead atoms. The molecular weight excluding hydrogens is 497 g/mol. The average molecular weight is 525 g/mol. The summed E-state index contributed by atoms with van der Waals surface area (Å²) in [5.41, 5.74) is 1.66. The molecule has 1 unspecified atom stereocenters. The van der Waals surface area contributed by atoms with E-state index in [0.717, 1.165) is 21.2 Å². The number of hydrogen-bond donors (Lipinski definition) is 1. The van der Waals surface area contributed by atoms with E-state index in [1.165, 1.54) is 12.1 Å². The van der Waals surface area contributed by atoms with E-state index in [4.69, 9.17) is 11.6 Å². The summed E-state index contributed by atoms with van der Waals surface area (Å²) in [7, 11) is 0. The fourth-order valence-electron chi connectivity index (χ4n) is 4.57. The third kappa shape index (κ3) is 6.70. The van der Waals surface area contributed by atoms with E-state index >= 15 is 0 Å². The largest absolute Gasteiger partial charge is 0.413 e. The highest BCUT2D eigenvalue weighted by Crippen LogP contribution is 2.39. The Kier molecular flexibility index (Phi) is 8.52. The maximum Gasteiger partial charge on any atom is 0.413 e. The molecule has 0 heterocycles. The molecule has 7 heteroatoms. The second kappa shape index (κ2) is 11.8. The van der Waals surface area contributed by atoms with Gasteiger partial charge in [-0.2, -0.15) is 13.2 Å². The van der Waals surface area contributed by atoms with Crippen LogP contribution in [0.15, 0.2) is 97.1 Å². The summed E-state index contributed by atoms with van der Waals surface area (Å²) in [6.07, 6.45) is -4.73. The molecule has 0 aliphatic heterocycles. The highest BCUT2D eigenvalue weighted by Gasteiger charge is 2.46. The summed E-state index contributed by atoms with van der Waals surface area (Å²) >= 11 is 5.96. The predicted octanol–water partition coefficient (Wildman–Crippen LogP) is 7.87. The molecule has 0 spiro atoms. The summed E-state index contributed by atoms with van der Waals surface area (Å²) in [6, 6.07) is 25.9. The van der Waals surface area contributed by atoms with Crippen molar-refractivity contribution in [2.75, 3.05) is 6.54 Å². The summed E-state index contributed by atoms with van der Waals surface area (Å²) < 4.78 is 43.1. The van der Waals surface area contributed by atoms with E-state index in [0.29, 0.717) is 10.6 Å². The molecule has 0 fully saturated rings. The topological polar surface area (TPSA) is 32.3 Å². The van der Waals surface area contributed by atoms with E-state index in [9.17, 15) is 18.0 Å². The number of halogens is 4. The fraction of sp³-hybridized carbons (Fsp3) is 0.233. The van der Waals surface area contributed by atoms with Crippen LogP contribution in [0.2, 0.25) is 5.02 Å². The number of amides is 1. The molecule has 2 atom stereocenters. The van der Waals surface area contributed by atoms with Crippen LogP contribution in [0.5, 0.6) is 0 Å². The van der Waals surface area contributed by atoms with Gasteiger partial charge >= 0.3 is 6.18 Å². The molecule has 0 saturated carbocycles. The zero-order valence-corrected chi connectivity index (χ0v) is 21.1. The van der Waals surface area contributed by atoms with Crippen molar-refractivity contribution in [1.29, 1.82) is 0 Å². The Labute approximate surface area is 219 Å². The van der Waals surface area contributed by atoms with Crippen molar-refractivity contribution >= 4 is 28.3 Å². The standard InChI is InChI=1S/C30H28ClF3N2O/c1-21(26-13-7-11-23-8-5-6-12-27(23)26)35-19-18-28(37)36(20-22-14-16-25(31)17-15-22)29(30(32,33)34)24-9-3-2-4-10-24/h2-17,21,29,35H,18-20H2,1H3/t21-,29?/m1/s1. The van der Waals surface area contributed by atoms with Crippen LogP contribution in [0.4, 0.5) is 13.2 Å². The van der Waals surface area contributed by atoms with E-state index in [1.54, 1.807) is 42.5 Å². The molecule has 4 aromatic rings. The van der Waals surface area contributed by atoms with Gasteiger partial charge in [-0.25, -0.2) is 0 Å².